The third-order valence-electron chi connectivity index (χ3n) is 3.88. The number of hydrogen-bond acceptors (Lipinski definition) is 5. The number of rotatable bonds is 18. The number of ether oxygens (including phenoxy) is 1. The molecule has 0 bridgehead atoms. The second kappa shape index (κ2) is 19.1. The van der Waals surface area contributed by atoms with E-state index < -0.39 is 0 Å². The maximum Gasteiger partial charge on any atom is 0.106 e. The van der Waals surface area contributed by atoms with E-state index in [-0.39, 0.29) is 0 Å². The molecule has 0 saturated heterocycles. The smallest absolute Gasteiger partial charge is 0.106 e. The Hall–Kier alpha value is -1.20. The van der Waals surface area contributed by atoms with E-state index in [9.17, 15) is 0 Å². The van der Waals surface area contributed by atoms with Crippen LogP contribution >= 0.6 is 0 Å². The van der Waals surface area contributed by atoms with Gasteiger partial charge in [0.2, 0.25) is 0 Å². The molecule has 0 aromatic carbocycles. The molecular formula is C20H42N4O. The molecule has 0 aliphatic carbocycles. The fourth-order valence-corrected chi connectivity index (χ4v) is 2.40. The molecule has 0 radical (unpaired) electrons. The van der Waals surface area contributed by atoms with E-state index in [4.69, 9.17) is 4.74 Å². The standard InChI is InChI=1S/C20H42N4O/c1-23(2)17-11-7-5-9-13-21-15-19-25-20-16-22-14-10-6-8-12-18-24(3)4/h15-16,19-22H,5-14,17-18H2,1-4H3. The Morgan fingerprint density at radius 3 is 1.40 bits per heavy atom. The molecule has 0 saturated carbocycles. The molecule has 0 atom stereocenters. The van der Waals surface area contributed by atoms with Crippen LogP contribution in [0.5, 0.6) is 0 Å². The van der Waals surface area contributed by atoms with Crippen LogP contribution in [0.3, 0.4) is 0 Å². The van der Waals surface area contributed by atoms with E-state index >= 15 is 0 Å². The summed E-state index contributed by atoms with van der Waals surface area (Å²) in [7, 11) is 8.52. The summed E-state index contributed by atoms with van der Waals surface area (Å²) >= 11 is 0. The van der Waals surface area contributed by atoms with E-state index in [0.29, 0.717) is 0 Å². The lowest BCUT2D eigenvalue weighted by molar-refractivity contribution is 0.388. The van der Waals surface area contributed by atoms with E-state index in [1.165, 1.54) is 64.5 Å². The van der Waals surface area contributed by atoms with Crippen LogP contribution in [0, 0.1) is 0 Å². The second-order valence-electron chi connectivity index (χ2n) is 7.08. The predicted octanol–water partition coefficient (Wildman–Crippen LogP) is 3.37. The SMILES string of the molecule is CN(C)CCCCCCNC=COC=CNCCCCCCN(C)C. The zero-order valence-corrected chi connectivity index (χ0v) is 17.1. The zero-order valence-electron chi connectivity index (χ0n) is 17.1. The first-order chi connectivity index (χ1) is 12.1. The van der Waals surface area contributed by atoms with Gasteiger partial charge in [0, 0.05) is 25.5 Å². The molecule has 0 fully saturated rings. The molecule has 148 valence electrons. The first-order valence-electron chi connectivity index (χ1n) is 9.84. The highest BCUT2D eigenvalue weighted by Gasteiger charge is 1.92. The largest absolute Gasteiger partial charge is 0.470 e. The van der Waals surface area contributed by atoms with Crippen LogP contribution in [0.1, 0.15) is 51.4 Å². The van der Waals surface area contributed by atoms with Gasteiger partial charge in [0.25, 0.3) is 0 Å². The van der Waals surface area contributed by atoms with Gasteiger partial charge in [-0.3, -0.25) is 0 Å². The topological polar surface area (TPSA) is 39.8 Å². The highest BCUT2D eigenvalue weighted by atomic mass is 16.5. The molecule has 0 rings (SSSR count). The van der Waals surface area contributed by atoms with Gasteiger partial charge in [-0.2, -0.15) is 0 Å². The van der Waals surface area contributed by atoms with Gasteiger partial charge >= 0.3 is 0 Å². The Morgan fingerprint density at radius 1 is 0.600 bits per heavy atom. The van der Waals surface area contributed by atoms with Crippen LogP contribution in [0.2, 0.25) is 0 Å². The Morgan fingerprint density at radius 2 is 1.00 bits per heavy atom. The van der Waals surface area contributed by atoms with E-state index in [2.05, 4.69) is 48.6 Å². The van der Waals surface area contributed by atoms with Crippen molar-refractivity contribution in [3.8, 4) is 0 Å². The maximum absolute atomic E-state index is 5.28. The summed E-state index contributed by atoms with van der Waals surface area (Å²) < 4.78 is 5.28. The van der Waals surface area contributed by atoms with E-state index in [1.54, 1.807) is 12.5 Å². The van der Waals surface area contributed by atoms with Gasteiger partial charge in [0.15, 0.2) is 0 Å². The monoisotopic (exact) mass is 354 g/mol. The lowest BCUT2D eigenvalue weighted by Crippen LogP contribution is -2.13. The zero-order chi connectivity index (χ0) is 18.6. The Labute approximate surface area is 156 Å². The summed E-state index contributed by atoms with van der Waals surface area (Å²) in [6, 6.07) is 0. The van der Waals surface area contributed by atoms with Gasteiger partial charge in [0.1, 0.15) is 12.5 Å². The van der Waals surface area contributed by atoms with Crippen molar-refractivity contribution in [2.45, 2.75) is 51.4 Å². The van der Waals surface area contributed by atoms with E-state index in [0.717, 1.165) is 13.1 Å². The molecule has 25 heavy (non-hydrogen) atoms. The van der Waals surface area contributed by atoms with Gasteiger partial charge in [-0.1, -0.05) is 25.7 Å². The quantitative estimate of drug-likeness (QED) is 0.292. The highest BCUT2D eigenvalue weighted by Crippen LogP contribution is 2.00. The van der Waals surface area contributed by atoms with Crippen LogP contribution in [-0.4, -0.2) is 64.2 Å². The molecule has 2 N–H and O–H groups in total. The van der Waals surface area contributed by atoms with Crippen LogP contribution in [0.15, 0.2) is 24.9 Å². The minimum Gasteiger partial charge on any atom is -0.470 e. The third-order valence-corrected chi connectivity index (χ3v) is 3.88. The Bertz CT molecular complexity index is 287. The Balaban J connectivity index is 3.19. The van der Waals surface area contributed by atoms with Crippen molar-refractivity contribution >= 4 is 0 Å². The molecule has 0 spiro atoms. The van der Waals surface area contributed by atoms with Crippen molar-refractivity contribution in [2.75, 3.05) is 54.4 Å². The summed E-state index contributed by atoms with van der Waals surface area (Å²) in [6.07, 6.45) is 17.3. The number of unbranched alkanes of at least 4 members (excludes halogenated alkanes) is 6. The molecule has 0 unspecified atom stereocenters. The molecule has 5 heteroatoms. The molecule has 0 aromatic heterocycles. The van der Waals surface area contributed by atoms with Gasteiger partial charge in [-0.15, -0.1) is 0 Å². The van der Waals surface area contributed by atoms with Crippen molar-refractivity contribution in [2.24, 2.45) is 0 Å². The fourth-order valence-electron chi connectivity index (χ4n) is 2.40. The van der Waals surface area contributed by atoms with Gasteiger partial charge < -0.3 is 25.2 Å². The predicted molar refractivity (Wildman–Crippen MR) is 109 cm³/mol. The van der Waals surface area contributed by atoms with Crippen molar-refractivity contribution in [1.29, 1.82) is 0 Å². The summed E-state index contributed by atoms with van der Waals surface area (Å²) in [5.74, 6) is 0. The van der Waals surface area contributed by atoms with Crippen LogP contribution in [0.4, 0.5) is 0 Å². The second-order valence-corrected chi connectivity index (χ2v) is 7.08. The molecule has 0 heterocycles. The maximum atomic E-state index is 5.28. The van der Waals surface area contributed by atoms with Gasteiger partial charge in [-0.05, 0) is 67.0 Å². The van der Waals surface area contributed by atoms with E-state index in [1.807, 2.05) is 12.4 Å². The molecular weight excluding hydrogens is 312 g/mol. The molecule has 0 aromatic rings. The number of nitrogens with one attached hydrogen (secondary N) is 2. The molecule has 5 nitrogen and oxygen atoms in total. The van der Waals surface area contributed by atoms with Crippen molar-refractivity contribution < 1.29 is 4.74 Å². The van der Waals surface area contributed by atoms with Crippen LogP contribution in [-0.2, 0) is 4.74 Å². The van der Waals surface area contributed by atoms with Crippen LogP contribution in [0.25, 0.3) is 0 Å². The average molecular weight is 355 g/mol. The number of hydrogen-bond donors (Lipinski definition) is 2. The van der Waals surface area contributed by atoms with Crippen molar-refractivity contribution in [3.05, 3.63) is 24.9 Å². The minimum absolute atomic E-state index is 1.01. The van der Waals surface area contributed by atoms with Crippen molar-refractivity contribution in [3.63, 3.8) is 0 Å². The highest BCUT2D eigenvalue weighted by molar-refractivity contribution is 4.77. The summed E-state index contributed by atoms with van der Waals surface area (Å²) in [6.45, 7) is 4.41. The molecule has 0 aliphatic rings. The van der Waals surface area contributed by atoms with Crippen LogP contribution < -0.4 is 10.6 Å². The first kappa shape index (κ1) is 23.8. The lowest BCUT2D eigenvalue weighted by Gasteiger charge is -2.08. The average Bonchev–Trinajstić information content (AvgIpc) is 2.56. The summed E-state index contributed by atoms with van der Waals surface area (Å²) in [4.78, 5) is 4.49. The Kier molecular flexibility index (Phi) is 18.2. The molecule has 0 aliphatic heterocycles. The number of nitrogens with zero attached hydrogens (tertiary/aromatic N) is 2. The summed E-state index contributed by atoms with van der Waals surface area (Å²) in [5, 5.41) is 6.50. The van der Waals surface area contributed by atoms with Gasteiger partial charge in [0.05, 0.1) is 0 Å². The van der Waals surface area contributed by atoms with Gasteiger partial charge in [-0.25, -0.2) is 0 Å². The summed E-state index contributed by atoms with van der Waals surface area (Å²) in [5.41, 5.74) is 0. The lowest BCUT2D eigenvalue weighted by atomic mass is 10.2. The normalized spacial score (nSPS) is 11.9. The first-order valence-corrected chi connectivity index (χ1v) is 9.84. The van der Waals surface area contributed by atoms with Crippen molar-refractivity contribution in [1.82, 2.24) is 20.4 Å². The third kappa shape index (κ3) is 22.8. The molecule has 0 amide bonds. The minimum atomic E-state index is 1.01. The fraction of sp³-hybridized carbons (Fsp3) is 0.800.